The summed E-state index contributed by atoms with van der Waals surface area (Å²) >= 11 is 0. The van der Waals surface area contributed by atoms with E-state index < -0.39 is 16.0 Å². The molecule has 1 aromatic carbocycles. The van der Waals surface area contributed by atoms with Gasteiger partial charge < -0.3 is 9.84 Å². The lowest BCUT2D eigenvalue weighted by atomic mass is 10.0. The molecule has 0 saturated carbocycles. The second kappa shape index (κ2) is 6.13. The maximum absolute atomic E-state index is 12.5. The molecule has 0 aromatic heterocycles. The van der Waals surface area contributed by atoms with Gasteiger partial charge in [-0.05, 0) is 38.0 Å². The van der Waals surface area contributed by atoms with Crippen molar-refractivity contribution in [1.82, 2.24) is 4.72 Å². The highest BCUT2D eigenvalue weighted by Gasteiger charge is 2.27. The molecule has 7 heteroatoms. The molecule has 1 aliphatic rings. The second-order valence-corrected chi connectivity index (χ2v) is 7.00. The van der Waals surface area contributed by atoms with Crippen molar-refractivity contribution in [3.8, 4) is 0 Å². The van der Waals surface area contributed by atoms with Crippen LogP contribution in [0.2, 0.25) is 0 Å². The maximum atomic E-state index is 12.5. The van der Waals surface area contributed by atoms with Gasteiger partial charge in [0.25, 0.3) is 0 Å². The van der Waals surface area contributed by atoms with Gasteiger partial charge >= 0.3 is 5.97 Å². The third kappa shape index (κ3) is 3.61. The van der Waals surface area contributed by atoms with E-state index >= 15 is 0 Å². The lowest BCUT2D eigenvalue weighted by Crippen LogP contribution is -2.38. The Morgan fingerprint density at radius 3 is 2.76 bits per heavy atom. The standard InChI is InChI=1S/C14H19NO5S/c1-9-3-4-11(14(16)17)7-13(9)21(18,19)15-10(2)12-5-6-20-8-12/h3-4,7,10,12,15H,5-6,8H2,1-2H3,(H,16,17). The van der Waals surface area contributed by atoms with Gasteiger partial charge in [-0.2, -0.15) is 0 Å². The number of ether oxygens (including phenoxy) is 1. The predicted molar refractivity (Wildman–Crippen MR) is 76.8 cm³/mol. The van der Waals surface area contributed by atoms with Gasteiger partial charge in [-0.3, -0.25) is 0 Å². The number of hydrogen-bond donors (Lipinski definition) is 2. The van der Waals surface area contributed by atoms with E-state index in [2.05, 4.69) is 4.72 Å². The van der Waals surface area contributed by atoms with Crippen molar-refractivity contribution >= 4 is 16.0 Å². The molecule has 1 aromatic rings. The summed E-state index contributed by atoms with van der Waals surface area (Å²) in [6, 6.07) is 3.83. The van der Waals surface area contributed by atoms with Crippen molar-refractivity contribution in [2.75, 3.05) is 13.2 Å². The SMILES string of the molecule is Cc1ccc(C(=O)O)cc1S(=O)(=O)NC(C)C1CCOC1. The Balaban J connectivity index is 2.26. The van der Waals surface area contributed by atoms with E-state index in [4.69, 9.17) is 9.84 Å². The molecule has 6 nitrogen and oxygen atoms in total. The van der Waals surface area contributed by atoms with Gasteiger partial charge in [0.1, 0.15) is 0 Å². The summed E-state index contributed by atoms with van der Waals surface area (Å²) in [5, 5.41) is 8.99. The van der Waals surface area contributed by atoms with Crippen LogP contribution in [0.5, 0.6) is 0 Å². The fourth-order valence-corrected chi connectivity index (χ4v) is 3.96. The van der Waals surface area contributed by atoms with Gasteiger partial charge in [0.2, 0.25) is 10.0 Å². The summed E-state index contributed by atoms with van der Waals surface area (Å²) < 4.78 is 32.8. The average molecular weight is 313 g/mol. The van der Waals surface area contributed by atoms with Crippen molar-refractivity contribution in [2.24, 2.45) is 5.92 Å². The number of carboxylic acid groups (broad SMARTS) is 1. The van der Waals surface area contributed by atoms with E-state index in [1.807, 2.05) is 0 Å². The first-order valence-corrected chi connectivity index (χ1v) is 8.23. The molecule has 2 unspecified atom stereocenters. The van der Waals surface area contributed by atoms with Crippen LogP contribution in [0.3, 0.4) is 0 Å². The number of rotatable bonds is 5. The van der Waals surface area contributed by atoms with Crippen molar-refractivity contribution in [2.45, 2.75) is 31.2 Å². The zero-order valence-corrected chi connectivity index (χ0v) is 12.8. The summed E-state index contributed by atoms with van der Waals surface area (Å²) in [7, 11) is -3.75. The molecule has 1 fully saturated rings. The molecule has 21 heavy (non-hydrogen) atoms. The highest BCUT2D eigenvalue weighted by Crippen LogP contribution is 2.21. The minimum absolute atomic E-state index is 0.00756. The van der Waals surface area contributed by atoms with Gasteiger partial charge in [-0.15, -0.1) is 0 Å². The quantitative estimate of drug-likeness (QED) is 0.857. The van der Waals surface area contributed by atoms with E-state index in [0.717, 1.165) is 6.42 Å². The molecule has 0 aliphatic carbocycles. The van der Waals surface area contributed by atoms with Crippen LogP contribution >= 0.6 is 0 Å². The minimum atomic E-state index is -3.75. The molecule has 0 amide bonds. The van der Waals surface area contributed by atoms with Crippen LogP contribution in [0.25, 0.3) is 0 Å². The smallest absolute Gasteiger partial charge is 0.335 e. The van der Waals surface area contributed by atoms with E-state index in [1.165, 1.54) is 18.2 Å². The Morgan fingerprint density at radius 2 is 2.19 bits per heavy atom. The number of aryl methyl sites for hydroxylation is 1. The van der Waals surface area contributed by atoms with Crippen molar-refractivity contribution in [1.29, 1.82) is 0 Å². The summed E-state index contributed by atoms with van der Waals surface area (Å²) in [5.41, 5.74) is 0.472. The predicted octanol–water partition coefficient (Wildman–Crippen LogP) is 1.40. The highest BCUT2D eigenvalue weighted by atomic mass is 32.2. The Bertz CT molecular complexity index is 635. The number of aromatic carboxylic acids is 1. The molecular weight excluding hydrogens is 294 g/mol. The first-order chi connectivity index (χ1) is 9.81. The Morgan fingerprint density at radius 1 is 1.48 bits per heavy atom. The molecular formula is C14H19NO5S. The largest absolute Gasteiger partial charge is 0.478 e. The number of carbonyl (C=O) groups is 1. The van der Waals surface area contributed by atoms with Gasteiger partial charge in [-0.25, -0.2) is 17.9 Å². The topological polar surface area (TPSA) is 92.7 Å². The van der Waals surface area contributed by atoms with Crippen LogP contribution in [0.1, 0.15) is 29.3 Å². The van der Waals surface area contributed by atoms with Gasteiger partial charge in [0.15, 0.2) is 0 Å². The first-order valence-electron chi connectivity index (χ1n) is 6.75. The maximum Gasteiger partial charge on any atom is 0.335 e. The molecule has 2 rings (SSSR count). The Hall–Kier alpha value is -1.44. The van der Waals surface area contributed by atoms with Crippen LogP contribution in [0.15, 0.2) is 23.1 Å². The van der Waals surface area contributed by atoms with Crippen LogP contribution in [-0.4, -0.2) is 38.7 Å². The fourth-order valence-electron chi connectivity index (χ4n) is 2.37. The summed E-state index contributed by atoms with van der Waals surface area (Å²) in [4.78, 5) is 11.0. The van der Waals surface area contributed by atoms with E-state index in [9.17, 15) is 13.2 Å². The molecule has 2 N–H and O–H groups in total. The van der Waals surface area contributed by atoms with Gasteiger partial charge in [-0.1, -0.05) is 6.07 Å². The minimum Gasteiger partial charge on any atom is -0.478 e. The number of sulfonamides is 1. The van der Waals surface area contributed by atoms with E-state index in [1.54, 1.807) is 13.8 Å². The average Bonchev–Trinajstić information content (AvgIpc) is 2.92. The molecule has 1 aliphatic heterocycles. The lowest BCUT2D eigenvalue weighted by Gasteiger charge is -2.20. The second-order valence-electron chi connectivity index (χ2n) is 5.32. The van der Waals surface area contributed by atoms with Gasteiger partial charge in [0, 0.05) is 18.6 Å². The number of nitrogens with one attached hydrogen (secondary N) is 1. The zero-order chi connectivity index (χ0) is 15.6. The van der Waals surface area contributed by atoms with Crippen molar-refractivity contribution in [3.05, 3.63) is 29.3 Å². The number of carboxylic acids is 1. The fraction of sp³-hybridized carbons (Fsp3) is 0.500. The first kappa shape index (κ1) is 15.9. The normalized spacial score (nSPS) is 20.4. The molecule has 1 saturated heterocycles. The van der Waals surface area contributed by atoms with Crippen molar-refractivity contribution in [3.63, 3.8) is 0 Å². The molecule has 2 atom stereocenters. The van der Waals surface area contributed by atoms with Crippen LogP contribution in [0.4, 0.5) is 0 Å². The van der Waals surface area contributed by atoms with Crippen LogP contribution in [0, 0.1) is 12.8 Å². The highest BCUT2D eigenvalue weighted by molar-refractivity contribution is 7.89. The van der Waals surface area contributed by atoms with Crippen molar-refractivity contribution < 1.29 is 23.1 Å². The summed E-state index contributed by atoms with van der Waals surface area (Å²) in [6.07, 6.45) is 0.817. The zero-order valence-electron chi connectivity index (χ0n) is 12.0. The number of benzene rings is 1. The third-order valence-electron chi connectivity index (χ3n) is 3.74. The van der Waals surface area contributed by atoms with E-state index in [-0.39, 0.29) is 22.4 Å². The summed E-state index contributed by atoms with van der Waals surface area (Å²) in [5.74, 6) is -1.01. The number of hydrogen-bond acceptors (Lipinski definition) is 4. The third-order valence-corrected chi connectivity index (χ3v) is 5.44. The molecule has 116 valence electrons. The Labute approximate surface area is 124 Å². The molecule has 0 radical (unpaired) electrons. The Kier molecular flexibility index (Phi) is 4.65. The lowest BCUT2D eigenvalue weighted by molar-refractivity contribution is 0.0696. The van der Waals surface area contributed by atoms with E-state index in [0.29, 0.717) is 18.8 Å². The molecule has 0 bridgehead atoms. The molecule has 0 spiro atoms. The summed E-state index contributed by atoms with van der Waals surface area (Å²) in [6.45, 7) is 4.62. The monoisotopic (exact) mass is 313 g/mol. The van der Waals surface area contributed by atoms with Crippen LogP contribution < -0.4 is 4.72 Å². The van der Waals surface area contributed by atoms with Gasteiger partial charge in [0.05, 0.1) is 17.1 Å². The molecule has 1 heterocycles. The van der Waals surface area contributed by atoms with Crippen LogP contribution in [-0.2, 0) is 14.8 Å².